The minimum Gasteiger partial charge on any atom is -0.493 e. The van der Waals surface area contributed by atoms with Crippen LogP contribution in [0.5, 0.6) is 11.5 Å². The highest BCUT2D eigenvalue weighted by molar-refractivity contribution is 7.90. The van der Waals surface area contributed by atoms with E-state index in [4.69, 9.17) is 13.9 Å². The molecule has 1 aromatic heterocycles. The Labute approximate surface area is 191 Å². The van der Waals surface area contributed by atoms with Crippen molar-refractivity contribution in [3.8, 4) is 11.5 Å². The van der Waals surface area contributed by atoms with Crippen molar-refractivity contribution < 1.29 is 31.9 Å². The molecule has 0 aliphatic carbocycles. The quantitative estimate of drug-likeness (QED) is 0.459. The highest BCUT2D eigenvalue weighted by atomic mass is 32.2. The minimum atomic E-state index is -3.69. The number of methoxy groups -OCH3 is 1. The maximum absolute atomic E-state index is 12.6. The van der Waals surface area contributed by atoms with Gasteiger partial charge in [0.1, 0.15) is 0 Å². The molecule has 2 amide bonds. The zero-order valence-electron chi connectivity index (χ0n) is 18.2. The third-order valence-electron chi connectivity index (χ3n) is 4.58. The number of furan rings is 1. The number of carbonyl (C=O) groups is 2. The third-order valence-corrected chi connectivity index (χ3v) is 6.26. The predicted octanol–water partition coefficient (Wildman–Crippen LogP) is 3.13. The smallest absolute Gasteiger partial charge is 0.305 e. The number of hydrazine groups is 1. The van der Waals surface area contributed by atoms with Crippen LogP contribution in [0.4, 0.5) is 0 Å². The Morgan fingerprint density at radius 3 is 2.39 bits per heavy atom. The van der Waals surface area contributed by atoms with Gasteiger partial charge in [-0.1, -0.05) is 25.1 Å². The Kier molecular flexibility index (Phi) is 7.73. The fraction of sp³-hybridized carbons (Fsp3) is 0.217. The van der Waals surface area contributed by atoms with E-state index in [-0.39, 0.29) is 21.8 Å². The number of nitrogens with one attached hydrogen (secondary N) is 2. The molecule has 174 valence electrons. The molecule has 2 N–H and O–H groups in total. The lowest BCUT2D eigenvalue weighted by atomic mass is 10.2. The van der Waals surface area contributed by atoms with Crippen LogP contribution in [0, 0.1) is 0 Å². The summed E-state index contributed by atoms with van der Waals surface area (Å²) >= 11 is 0. The second-order valence-corrected chi connectivity index (χ2v) is 8.96. The molecule has 0 fully saturated rings. The van der Waals surface area contributed by atoms with Crippen LogP contribution < -0.4 is 20.3 Å². The van der Waals surface area contributed by atoms with Gasteiger partial charge in [0.05, 0.1) is 30.6 Å². The van der Waals surface area contributed by atoms with Gasteiger partial charge in [0.25, 0.3) is 5.91 Å². The van der Waals surface area contributed by atoms with E-state index in [2.05, 4.69) is 10.9 Å². The van der Waals surface area contributed by atoms with E-state index in [1.807, 2.05) is 6.92 Å². The Hall–Kier alpha value is -3.79. The van der Waals surface area contributed by atoms with E-state index in [1.54, 1.807) is 24.3 Å². The van der Waals surface area contributed by atoms with Gasteiger partial charge in [-0.05, 0) is 42.8 Å². The van der Waals surface area contributed by atoms with E-state index in [0.29, 0.717) is 18.1 Å². The molecule has 0 unspecified atom stereocenters. The first-order valence-electron chi connectivity index (χ1n) is 10.1. The second-order valence-electron chi connectivity index (χ2n) is 6.97. The number of rotatable bonds is 9. The van der Waals surface area contributed by atoms with E-state index >= 15 is 0 Å². The van der Waals surface area contributed by atoms with Gasteiger partial charge in [-0.25, -0.2) is 8.42 Å². The van der Waals surface area contributed by atoms with Gasteiger partial charge in [0.15, 0.2) is 27.1 Å². The fourth-order valence-corrected chi connectivity index (χ4v) is 4.32. The number of amides is 2. The van der Waals surface area contributed by atoms with Gasteiger partial charge >= 0.3 is 5.91 Å². The van der Waals surface area contributed by atoms with Crippen LogP contribution in [0.1, 0.15) is 39.8 Å². The molecule has 10 heteroatoms. The minimum absolute atomic E-state index is 0.131. The first kappa shape index (κ1) is 23.9. The van der Waals surface area contributed by atoms with Crippen LogP contribution in [0.25, 0.3) is 0 Å². The molecule has 9 nitrogen and oxygen atoms in total. The standard InChI is InChI=1S/C23H24N2O7S/c1-3-12-31-19-10-9-16(14-20(19)30-2)22(26)24-25-23(27)21-17(11-13-32-21)15-33(28,29)18-7-5-4-6-8-18/h4-11,13-14H,3,12,15H2,1-2H3,(H,24,26)(H,25,27). The summed E-state index contributed by atoms with van der Waals surface area (Å²) in [5.41, 5.74) is 4.91. The molecule has 3 aromatic rings. The summed E-state index contributed by atoms with van der Waals surface area (Å²) in [6, 6.07) is 13.9. The van der Waals surface area contributed by atoms with Gasteiger partial charge in [0.2, 0.25) is 0 Å². The van der Waals surface area contributed by atoms with Crippen molar-refractivity contribution in [3.05, 3.63) is 77.7 Å². The van der Waals surface area contributed by atoms with E-state index in [9.17, 15) is 18.0 Å². The van der Waals surface area contributed by atoms with Gasteiger partial charge in [0, 0.05) is 11.1 Å². The largest absolute Gasteiger partial charge is 0.493 e. The van der Waals surface area contributed by atoms with Gasteiger partial charge in [-0.3, -0.25) is 20.4 Å². The summed E-state index contributed by atoms with van der Waals surface area (Å²) in [6.07, 6.45) is 2.03. The first-order valence-corrected chi connectivity index (χ1v) is 11.8. The van der Waals surface area contributed by atoms with Crippen molar-refractivity contribution in [2.45, 2.75) is 24.0 Å². The van der Waals surface area contributed by atoms with Crippen LogP contribution in [0.15, 0.2) is 70.2 Å². The third kappa shape index (κ3) is 5.92. The maximum Gasteiger partial charge on any atom is 0.305 e. The van der Waals surface area contributed by atoms with Crippen molar-refractivity contribution in [2.24, 2.45) is 0 Å². The molecule has 0 saturated carbocycles. The lowest BCUT2D eigenvalue weighted by Gasteiger charge is -2.12. The molecule has 0 spiro atoms. The monoisotopic (exact) mass is 472 g/mol. The molecule has 0 bridgehead atoms. The second kappa shape index (κ2) is 10.7. The molecule has 0 atom stereocenters. The van der Waals surface area contributed by atoms with Crippen molar-refractivity contribution in [1.29, 1.82) is 0 Å². The van der Waals surface area contributed by atoms with Crippen molar-refractivity contribution in [1.82, 2.24) is 10.9 Å². The molecule has 0 saturated heterocycles. The highest BCUT2D eigenvalue weighted by Gasteiger charge is 2.23. The Bertz CT molecular complexity index is 1220. The van der Waals surface area contributed by atoms with Crippen LogP contribution in [-0.4, -0.2) is 33.9 Å². The molecule has 33 heavy (non-hydrogen) atoms. The van der Waals surface area contributed by atoms with Crippen LogP contribution in [0.3, 0.4) is 0 Å². The molecule has 1 heterocycles. The maximum atomic E-state index is 12.6. The molecule has 2 aromatic carbocycles. The summed E-state index contributed by atoms with van der Waals surface area (Å²) in [4.78, 5) is 25.1. The van der Waals surface area contributed by atoms with E-state index in [0.717, 1.165) is 6.42 Å². The first-order chi connectivity index (χ1) is 15.9. The number of sulfone groups is 1. The lowest BCUT2D eigenvalue weighted by Crippen LogP contribution is -2.41. The normalized spacial score (nSPS) is 11.0. The van der Waals surface area contributed by atoms with E-state index < -0.39 is 27.4 Å². The summed E-state index contributed by atoms with van der Waals surface area (Å²) in [5, 5.41) is 0. The summed E-state index contributed by atoms with van der Waals surface area (Å²) in [5.74, 6) is -1.16. The summed E-state index contributed by atoms with van der Waals surface area (Å²) in [6.45, 7) is 2.47. The van der Waals surface area contributed by atoms with Crippen LogP contribution >= 0.6 is 0 Å². The van der Waals surface area contributed by atoms with E-state index in [1.165, 1.54) is 43.7 Å². The van der Waals surface area contributed by atoms with Crippen LogP contribution in [-0.2, 0) is 15.6 Å². The van der Waals surface area contributed by atoms with Gasteiger partial charge in [-0.2, -0.15) is 0 Å². The number of benzene rings is 2. The zero-order valence-corrected chi connectivity index (χ0v) is 19.0. The van der Waals surface area contributed by atoms with Crippen molar-refractivity contribution in [3.63, 3.8) is 0 Å². The fourth-order valence-electron chi connectivity index (χ4n) is 2.95. The summed E-state index contributed by atoms with van der Waals surface area (Å²) in [7, 11) is -2.23. The van der Waals surface area contributed by atoms with Gasteiger partial charge in [-0.15, -0.1) is 0 Å². The SMILES string of the molecule is CCCOc1ccc(C(=O)NNC(=O)c2occc2CS(=O)(=O)c2ccccc2)cc1OC. The predicted molar refractivity (Wildman–Crippen MR) is 120 cm³/mol. The van der Waals surface area contributed by atoms with Crippen molar-refractivity contribution in [2.75, 3.05) is 13.7 Å². The lowest BCUT2D eigenvalue weighted by molar-refractivity contribution is 0.0830. The molecular formula is C23H24N2O7S. The Morgan fingerprint density at radius 1 is 0.970 bits per heavy atom. The number of ether oxygens (including phenoxy) is 2. The highest BCUT2D eigenvalue weighted by Crippen LogP contribution is 2.28. The average Bonchev–Trinajstić information content (AvgIpc) is 3.28. The molecule has 0 aliphatic heterocycles. The Balaban J connectivity index is 1.66. The van der Waals surface area contributed by atoms with Gasteiger partial charge < -0.3 is 13.9 Å². The zero-order chi connectivity index (χ0) is 23.8. The van der Waals surface area contributed by atoms with Crippen molar-refractivity contribution >= 4 is 21.7 Å². The Morgan fingerprint density at radius 2 is 1.70 bits per heavy atom. The average molecular weight is 473 g/mol. The molecule has 0 radical (unpaired) electrons. The number of hydrogen-bond acceptors (Lipinski definition) is 7. The molecular weight excluding hydrogens is 448 g/mol. The number of carbonyl (C=O) groups excluding carboxylic acids is 2. The number of hydrogen-bond donors (Lipinski definition) is 2. The topological polar surface area (TPSA) is 124 Å². The van der Waals surface area contributed by atoms with Crippen LogP contribution in [0.2, 0.25) is 0 Å². The molecule has 3 rings (SSSR count). The summed E-state index contributed by atoms with van der Waals surface area (Å²) < 4.78 is 41.2. The molecule has 0 aliphatic rings.